The van der Waals surface area contributed by atoms with Crippen molar-refractivity contribution in [1.82, 2.24) is 0 Å². The van der Waals surface area contributed by atoms with Gasteiger partial charge in [0.05, 0.1) is 0 Å². The standard InChI is InChI=1S/C8H11N.C2H2BrFO2/c1-7(9)8-5-3-2-4-6-8;3-1(4)2(5)6/h2-7H,9H2,1H3;1H,(H,5,6). The number of carboxylic acids is 1. The van der Waals surface area contributed by atoms with E-state index in [4.69, 9.17) is 10.8 Å². The number of carbonyl (C=O) groups is 1. The molecule has 1 aromatic carbocycles. The highest BCUT2D eigenvalue weighted by Gasteiger charge is 2.07. The largest absolute Gasteiger partial charge is 0.478 e. The van der Waals surface area contributed by atoms with Crippen molar-refractivity contribution in [1.29, 1.82) is 0 Å². The van der Waals surface area contributed by atoms with Gasteiger partial charge in [0.15, 0.2) is 0 Å². The van der Waals surface area contributed by atoms with Crippen molar-refractivity contribution in [2.24, 2.45) is 5.73 Å². The monoisotopic (exact) mass is 277 g/mol. The summed E-state index contributed by atoms with van der Waals surface area (Å²) < 4.78 is 11.1. The molecule has 3 N–H and O–H groups in total. The lowest BCUT2D eigenvalue weighted by Gasteiger charge is -2.02. The van der Waals surface area contributed by atoms with Gasteiger partial charge >= 0.3 is 5.97 Å². The van der Waals surface area contributed by atoms with E-state index in [1.54, 1.807) is 0 Å². The van der Waals surface area contributed by atoms with Crippen LogP contribution in [-0.2, 0) is 4.79 Å². The summed E-state index contributed by atoms with van der Waals surface area (Å²) in [6.07, 6.45) is 0. The van der Waals surface area contributed by atoms with E-state index in [-0.39, 0.29) is 6.04 Å². The molecule has 0 heterocycles. The Morgan fingerprint density at radius 3 is 2.07 bits per heavy atom. The highest BCUT2D eigenvalue weighted by atomic mass is 79.9. The van der Waals surface area contributed by atoms with Gasteiger partial charge in [0.1, 0.15) is 0 Å². The third-order valence-electron chi connectivity index (χ3n) is 1.51. The van der Waals surface area contributed by atoms with Gasteiger partial charge in [0.2, 0.25) is 0 Å². The number of halogens is 2. The minimum atomic E-state index is -1.92. The molecule has 0 amide bonds. The quantitative estimate of drug-likeness (QED) is 0.817. The van der Waals surface area contributed by atoms with Gasteiger partial charge in [0.25, 0.3) is 5.08 Å². The molecule has 15 heavy (non-hydrogen) atoms. The van der Waals surface area contributed by atoms with Crippen LogP contribution in [0.15, 0.2) is 30.3 Å². The van der Waals surface area contributed by atoms with E-state index in [1.165, 1.54) is 5.56 Å². The van der Waals surface area contributed by atoms with Crippen molar-refractivity contribution >= 4 is 21.9 Å². The Hall–Kier alpha value is -0.940. The summed E-state index contributed by atoms with van der Waals surface area (Å²) in [6, 6.07) is 10.2. The van der Waals surface area contributed by atoms with Crippen molar-refractivity contribution in [2.45, 2.75) is 18.0 Å². The van der Waals surface area contributed by atoms with Gasteiger partial charge in [-0.1, -0.05) is 30.3 Å². The fourth-order valence-corrected chi connectivity index (χ4v) is 0.757. The summed E-state index contributed by atoms with van der Waals surface area (Å²) >= 11 is 2.17. The predicted molar refractivity (Wildman–Crippen MR) is 60.5 cm³/mol. The van der Waals surface area contributed by atoms with Crippen molar-refractivity contribution in [3.63, 3.8) is 0 Å². The number of carboxylic acid groups (broad SMARTS) is 1. The van der Waals surface area contributed by atoms with Crippen LogP contribution in [0.5, 0.6) is 0 Å². The van der Waals surface area contributed by atoms with E-state index in [0.29, 0.717) is 0 Å². The zero-order valence-corrected chi connectivity index (χ0v) is 9.82. The highest BCUT2D eigenvalue weighted by Crippen LogP contribution is 2.06. The Labute approximate surface area is 96.2 Å². The van der Waals surface area contributed by atoms with Gasteiger partial charge in [-0.05, 0) is 28.4 Å². The Kier molecular flexibility index (Phi) is 6.90. The second-order valence-electron chi connectivity index (χ2n) is 2.84. The van der Waals surface area contributed by atoms with Crippen LogP contribution >= 0.6 is 15.9 Å². The van der Waals surface area contributed by atoms with Gasteiger partial charge in [0, 0.05) is 6.04 Å². The molecule has 0 aliphatic carbocycles. The summed E-state index contributed by atoms with van der Waals surface area (Å²) in [4.78, 5) is 9.28. The molecule has 0 spiro atoms. The second kappa shape index (κ2) is 7.36. The molecule has 0 aromatic heterocycles. The number of hydrogen-bond donors (Lipinski definition) is 2. The predicted octanol–water partition coefficient (Wildman–Crippen LogP) is 2.47. The van der Waals surface area contributed by atoms with Gasteiger partial charge in [-0.2, -0.15) is 0 Å². The maximum Gasteiger partial charge on any atom is 0.349 e. The van der Waals surface area contributed by atoms with E-state index in [2.05, 4.69) is 15.9 Å². The fourth-order valence-electron chi connectivity index (χ4n) is 0.757. The van der Waals surface area contributed by atoms with E-state index < -0.39 is 11.1 Å². The van der Waals surface area contributed by atoms with Crippen LogP contribution in [-0.4, -0.2) is 16.2 Å². The first-order valence-corrected chi connectivity index (χ1v) is 5.18. The summed E-state index contributed by atoms with van der Waals surface area (Å²) in [6.45, 7) is 1.98. The number of benzene rings is 1. The lowest BCUT2D eigenvalue weighted by molar-refractivity contribution is -0.139. The Balaban J connectivity index is 0.000000288. The first-order valence-electron chi connectivity index (χ1n) is 4.26. The second-order valence-corrected chi connectivity index (χ2v) is 3.64. The molecule has 0 saturated carbocycles. The molecule has 0 bridgehead atoms. The first-order chi connectivity index (χ1) is 6.95. The average Bonchev–Trinajstić information content (AvgIpc) is 2.20. The molecule has 0 radical (unpaired) electrons. The van der Waals surface area contributed by atoms with Gasteiger partial charge in [-0.15, -0.1) is 0 Å². The molecule has 1 aromatic rings. The van der Waals surface area contributed by atoms with Gasteiger partial charge in [-0.25, -0.2) is 9.18 Å². The molecular formula is C10H13BrFNO2. The van der Waals surface area contributed by atoms with E-state index in [1.807, 2.05) is 37.3 Å². The lowest BCUT2D eigenvalue weighted by atomic mass is 10.1. The molecule has 0 fully saturated rings. The number of rotatable bonds is 2. The van der Waals surface area contributed by atoms with Crippen LogP contribution in [0.25, 0.3) is 0 Å². The zero-order valence-electron chi connectivity index (χ0n) is 8.23. The average molecular weight is 278 g/mol. The van der Waals surface area contributed by atoms with Crippen molar-refractivity contribution in [3.8, 4) is 0 Å². The summed E-state index contributed by atoms with van der Waals surface area (Å²) in [5, 5.41) is 5.65. The topological polar surface area (TPSA) is 63.3 Å². The highest BCUT2D eigenvalue weighted by molar-refractivity contribution is 9.09. The van der Waals surface area contributed by atoms with Crippen molar-refractivity contribution < 1.29 is 14.3 Å². The minimum absolute atomic E-state index is 0.159. The van der Waals surface area contributed by atoms with E-state index in [0.717, 1.165) is 0 Å². The lowest BCUT2D eigenvalue weighted by Crippen LogP contribution is -2.04. The van der Waals surface area contributed by atoms with E-state index >= 15 is 0 Å². The molecular weight excluding hydrogens is 265 g/mol. The molecule has 84 valence electrons. The molecule has 0 aliphatic heterocycles. The number of alkyl halides is 2. The molecule has 3 nitrogen and oxygen atoms in total. The van der Waals surface area contributed by atoms with Crippen LogP contribution in [0.4, 0.5) is 4.39 Å². The van der Waals surface area contributed by atoms with Crippen molar-refractivity contribution in [2.75, 3.05) is 0 Å². The molecule has 0 saturated heterocycles. The molecule has 2 unspecified atom stereocenters. The van der Waals surface area contributed by atoms with Gasteiger partial charge < -0.3 is 10.8 Å². The maximum absolute atomic E-state index is 11.1. The van der Waals surface area contributed by atoms with Crippen LogP contribution in [0.1, 0.15) is 18.5 Å². The Morgan fingerprint density at radius 2 is 1.87 bits per heavy atom. The third kappa shape index (κ3) is 7.04. The number of hydrogen-bond acceptors (Lipinski definition) is 2. The van der Waals surface area contributed by atoms with Crippen LogP contribution < -0.4 is 5.73 Å². The van der Waals surface area contributed by atoms with Crippen LogP contribution in [0, 0.1) is 0 Å². The Bertz CT molecular complexity index is 291. The van der Waals surface area contributed by atoms with Crippen molar-refractivity contribution in [3.05, 3.63) is 35.9 Å². The van der Waals surface area contributed by atoms with Crippen LogP contribution in [0.3, 0.4) is 0 Å². The SMILES string of the molecule is CC(N)c1ccccc1.O=C(O)C(F)Br. The maximum atomic E-state index is 11.1. The fraction of sp³-hybridized carbons (Fsp3) is 0.300. The first kappa shape index (κ1) is 14.1. The summed E-state index contributed by atoms with van der Waals surface area (Å²) in [5.41, 5.74) is 6.81. The number of aliphatic carboxylic acids is 1. The zero-order chi connectivity index (χ0) is 11.8. The Morgan fingerprint density at radius 1 is 1.47 bits per heavy atom. The van der Waals surface area contributed by atoms with Crippen LogP contribution in [0.2, 0.25) is 0 Å². The molecule has 2 atom stereocenters. The minimum Gasteiger partial charge on any atom is -0.478 e. The number of nitrogens with two attached hydrogens (primary N) is 1. The third-order valence-corrected chi connectivity index (χ3v) is 1.90. The molecule has 1 rings (SSSR count). The van der Waals surface area contributed by atoms with Gasteiger partial charge in [-0.3, -0.25) is 0 Å². The molecule has 0 aliphatic rings. The van der Waals surface area contributed by atoms with E-state index in [9.17, 15) is 9.18 Å². The summed E-state index contributed by atoms with van der Waals surface area (Å²) in [7, 11) is 0. The normalized spacial score (nSPS) is 13.3. The molecule has 5 heteroatoms. The summed E-state index contributed by atoms with van der Waals surface area (Å²) in [5.74, 6) is -1.49. The smallest absolute Gasteiger partial charge is 0.349 e.